The first-order valence-electron chi connectivity index (χ1n) is 7.72. The third kappa shape index (κ3) is 5.69. The van der Waals surface area contributed by atoms with Crippen molar-refractivity contribution in [1.82, 2.24) is 0 Å². The van der Waals surface area contributed by atoms with E-state index in [1.54, 1.807) is 7.11 Å². The van der Waals surface area contributed by atoms with Crippen LogP contribution in [0.25, 0.3) is 11.1 Å². The molecule has 3 nitrogen and oxygen atoms in total. The van der Waals surface area contributed by atoms with Gasteiger partial charge in [0.1, 0.15) is 18.1 Å². The largest absolute Gasteiger partial charge is 0.497 e. The van der Waals surface area contributed by atoms with Crippen molar-refractivity contribution in [1.29, 1.82) is 0 Å². The van der Waals surface area contributed by atoms with Gasteiger partial charge in [-0.2, -0.15) is 0 Å². The number of hydrogen-bond donors (Lipinski definition) is 0. The summed E-state index contributed by atoms with van der Waals surface area (Å²) in [6.07, 6.45) is 7.01. The molecule has 2 aromatic carbocycles. The lowest BCUT2D eigenvalue weighted by molar-refractivity contribution is 0.156. The average molecular weight is 310 g/mol. The van der Waals surface area contributed by atoms with Crippen molar-refractivity contribution in [3.8, 4) is 35.0 Å². The zero-order valence-corrected chi connectivity index (χ0v) is 13.5. The summed E-state index contributed by atoms with van der Waals surface area (Å²) in [7, 11) is 1.67. The molecule has 0 aliphatic heterocycles. The molecule has 0 N–H and O–H groups in total. The fraction of sp³-hybridized carbons (Fsp3) is 0.300. The van der Waals surface area contributed by atoms with Crippen molar-refractivity contribution in [2.45, 2.75) is 12.8 Å². The van der Waals surface area contributed by atoms with Gasteiger partial charge in [-0.1, -0.05) is 30.2 Å². The van der Waals surface area contributed by atoms with Crippen molar-refractivity contribution in [2.24, 2.45) is 0 Å². The highest BCUT2D eigenvalue weighted by Gasteiger charge is 2.00. The van der Waals surface area contributed by atoms with Crippen LogP contribution in [0.3, 0.4) is 0 Å². The molecule has 0 amide bonds. The Kier molecular flexibility index (Phi) is 7.03. The lowest BCUT2D eigenvalue weighted by Gasteiger charge is -2.08. The number of unbranched alkanes of at least 4 members (excludes halogenated alkanes) is 1. The smallest absolute Gasteiger partial charge is 0.119 e. The monoisotopic (exact) mass is 310 g/mol. The molecule has 0 aromatic heterocycles. The van der Waals surface area contributed by atoms with Crippen LogP contribution in [0, 0.1) is 12.3 Å². The molecule has 0 aliphatic rings. The highest BCUT2D eigenvalue weighted by molar-refractivity contribution is 5.64. The lowest BCUT2D eigenvalue weighted by Crippen LogP contribution is -2.01. The second kappa shape index (κ2) is 9.55. The van der Waals surface area contributed by atoms with Crippen molar-refractivity contribution >= 4 is 0 Å². The molecule has 23 heavy (non-hydrogen) atoms. The number of methoxy groups -OCH3 is 1. The zero-order chi connectivity index (χ0) is 16.3. The van der Waals surface area contributed by atoms with Crippen molar-refractivity contribution in [2.75, 3.05) is 26.9 Å². The van der Waals surface area contributed by atoms with Crippen LogP contribution in [-0.4, -0.2) is 26.9 Å². The van der Waals surface area contributed by atoms with E-state index < -0.39 is 0 Å². The number of hydrogen-bond acceptors (Lipinski definition) is 3. The fourth-order valence-electron chi connectivity index (χ4n) is 2.15. The maximum Gasteiger partial charge on any atom is 0.119 e. The van der Waals surface area contributed by atoms with E-state index in [4.69, 9.17) is 20.6 Å². The van der Waals surface area contributed by atoms with Gasteiger partial charge in [-0.15, -0.1) is 6.42 Å². The molecule has 0 bridgehead atoms. The van der Waals surface area contributed by atoms with E-state index in [1.807, 2.05) is 36.4 Å². The van der Waals surface area contributed by atoms with Gasteiger partial charge >= 0.3 is 0 Å². The summed E-state index contributed by atoms with van der Waals surface area (Å²) in [4.78, 5) is 0. The quantitative estimate of drug-likeness (QED) is 0.514. The average Bonchev–Trinajstić information content (AvgIpc) is 2.61. The number of rotatable bonds is 9. The summed E-state index contributed by atoms with van der Waals surface area (Å²) in [5.74, 6) is 4.19. The van der Waals surface area contributed by atoms with E-state index in [1.165, 1.54) is 0 Å². The predicted octanol–water partition coefficient (Wildman–Crippen LogP) is 4.17. The molecule has 0 fully saturated rings. The Balaban J connectivity index is 1.77. The topological polar surface area (TPSA) is 27.7 Å². The van der Waals surface area contributed by atoms with Gasteiger partial charge in [0.15, 0.2) is 0 Å². The normalized spacial score (nSPS) is 10.1. The second-order valence-electron chi connectivity index (χ2n) is 5.07. The summed E-state index contributed by atoms with van der Waals surface area (Å²) >= 11 is 0. The van der Waals surface area contributed by atoms with Gasteiger partial charge in [-0.05, 0) is 48.2 Å². The van der Waals surface area contributed by atoms with Crippen molar-refractivity contribution < 1.29 is 14.2 Å². The molecule has 0 spiro atoms. The summed E-state index contributed by atoms with van der Waals surface area (Å²) < 4.78 is 16.1. The van der Waals surface area contributed by atoms with E-state index in [9.17, 15) is 0 Å². The first-order valence-corrected chi connectivity index (χ1v) is 7.72. The highest BCUT2D eigenvalue weighted by atomic mass is 16.5. The van der Waals surface area contributed by atoms with Gasteiger partial charge < -0.3 is 14.2 Å². The number of ether oxygens (including phenoxy) is 3. The van der Waals surface area contributed by atoms with Crippen LogP contribution in [0.15, 0.2) is 48.5 Å². The summed E-state index contributed by atoms with van der Waals surface area (Å²) in [6, 6.07) is 16.1. The van der Waals surface area contributed by atoms with E-state index in [0.717, 1.165) is 35.5 Å². The maximum absolute atomic E-state index is 5.72. The van der Waals surface area contributed by atoms with Crippen LogP contribution in [0.5, 0.6) is 11.5 Å². The minimum Gasteiger partial charge on any atom is -0.497 e. The Bertz CT molecular complexity index is 609. The molecular weight excluding hydrogens is 288 g/mol. The van der Waals surface area contributed by atoms with Crippen LogP contribution in [0.1, 0.15) is 12.8 Å². The zero-order valence-electron chi connectivity index (χ0n) is 13.5. The molecule has 2 aromatic rings. The molecular formula is C20H22O3. The molecule has 3 heteroatoms. The minimum atomic E-state index is 0.383. The van der Waals surface area contributed by atoms with Crippen LogP contribution >= 0.6 is 0 Å². The Morgan fingerprint density at radius 1 is 0.826 bits per heavy atom. The standard InChI is InChI=1S/C20H22O3/c1-3-14-22-15-4-5-16-23-20-12-8-18(9-13-20)17-6-10-19(21-2)11-7-17/h1,6-13H,4-5,14-16H2,2H3. The molecule has 120 valence electrons. The minimum absolute atomic E-state index is 0.383. The molecule has 0 heterocycles. The summed E-state index contributed by atoms with van der Waals surface area (Å²) in [6.45, 7) is 1.75. The van der Waals surface area contributed by atoms with Crippen LogP contribution in [-0.2, 0) is 4.74 Å². The van der Waals surface area contributed by atoms with E-state index in [-0.39, 0.29) is 0 Å². The van der Waals surface area contributed by atoms with Gasteiger partial charge in [0.2, 0.25) is 0 Å². The Morgan fingerprint density at radius 2 is 1.39 bits per heavy atom. The first-order chi connectivity index (χ1) is 11.3. The number of benzene rings is 2. The fourth-order valence-corrected chi connectivity index (χ4v) is 2.15. The Morgan fingerprint density at radius 3 is 1.96 bits per heavy atom. The van der Waals surface area contributed by atoms with E-state index in [2.05, 4.69) is 18.1 Å². The molecule has 2 rings (SSSR count). The predicted molar refractivity (Wildman–Crippen MR) is 92.8 cm³/mol. The summed E-state index contributed by atoms with van der Waals surface area (Å²) in [5, 5.41) is 0. The molecule has 0 unspecified atom stereocenters. The van der Waals surface area contributed by atoms with Crippen LogP contribution < -0.4 is 9.47 Å². The van der Waals surface area contributed by atoms with Gasteiger partial charge in [-0.25, -0.2) is 0 Å². The maximum atomic E-state index is 5.72. The molecule has 0 saturated carbocycles. The number of terminal acetylenes is 1. The third-order valence-electron chi connectivity index (χ3n) is 3.41. The summed E-state index contributed by atoms with van der Waals surface area (Å²) in [5.41, 5.74) is 2.31. The van der Waals surface area contributed by atoms with Gasteiger partial charge in [-0.3, -0.25) is 0 Å². The first kappa shape index (κ1) is 16.9. The van der Waals surface area contributed by atoms with E-state index in [0.29, 0.717) is 19.8 Å². The second-order valence-corrected chi connectivity index (χ2v) is 5.07. The van der Waals surface area contributed by atoms with Crippen LogP contribution in [0.2, 0.25) is 0 Å². The van der Waals surface area contributed by atoms with E-state index >= 15 is 0 Å². The SMILES string of the molecule is C#CCOCCCCOc1ccc(-c2ccc(OC)cc2)cc1. The third-order valence-corrected chi connectivity index (χ3v) is 3.41. The van der Waals surface area contributed by atoms with Crippen molar-refractivity contribution in [3.05, 3.63) is 48.5 Å². The van der Waals surface area contributed by atoms with Gasteiger partial charge in [0, 0.05) is 6.61 Å². The Labute approximate surface area is 138 Å². The van der Waals surface area contributed by atoms with Crippen LogP contribution in [0.4, 0.5) is 0 Å². The van der Waals surface area contributed by atoms with Gasteiger partial charge in [0.25, 0.3) is 0 Å². The Hall–Kier alpha value is -2.44. The lowest BCUT2D eigenvalue weighted by atomic mass is 10.1. The molecule has 0 aliphatic carbocycles. The molecule has 0 saturated heterocycles. The van der Waals surface area contributed by atoms with Gasteiger partial charge in [0.05, 0.1) is 13.7 Å². The highest BCUT2D eigenvalue weighted by Crippen LogP contribution is 2.24. The van der Waals surface area contributed by atoms with Crippen molar-refractivity contribution in [3.63, 3.8) is 0 Å². The molecule has 0 atom stereocenters. The molecule has 0 radical (unpaired) electrons.